The van der Waals surface area contributed by atoms with E-state index in [1.54, 1.807) is 0 Å². The lowest BCUT2D eigenvalue weighted by atomic mass is 10.0. The van der Waals surface area contributed by atoms with Gasteiger partial charge in [-0.1, -0.05) is 72.8 Å². The van der Waals surface area contributed by atoms with Gasteiger partial charge in [-0.15, -0.1) is 0 Å². The van der Waals surface area contributed by atoms with Crippen molar-refractivity contribution in [3.8, 4) is 33.8 Å². The molecule has 4 rings (SSSR count). The lowest BCUT2D eigenvalue weighted by Crippen LogP contribution is -2.01. The van der Waals surface area contributed by atoms with Gasteiger partial charge in [0, 0.05) is 11.1 Å². The summed E-state index contributed by atoms with van der Waals surface area (Å²) in [5.41, 5.74) is 4.13. The van der Waals surface area contributed by atoms with Gasteiger partial charge in [0.1, 0.15) is 0 Å². The Kier molecular flexibility index (Phi) is 3.97. The topological polar surface area (TPSA) is 43.1 Å². The normalized spacial score (nSPS) is 10.6. The Morgan fingerprint density at radius 2 is 1.12 bits per heavy atom. The lowest BCUT2D eigenvalue weighted by molar-refractivity contribution is 0.508. The second-order valence-corrected chi connectivity index (χ2v) is 5.68. The van der Waals surface area contributed by atoms with Crippen LogP contribution in [0.4, 0.5) is 0 Å². The highest BCUT2D eigenvalue weighted by molar-refractivity contribution is 5.69. The molecule has 0 bridgehead atoms. The smallest absolute Gasteiger partial charge is 0.339 e. The van der Waals surface area contributed by atoms with Gasteiger partial charge in [0.05, 0.1) is 11.8 Å². The van der Waals surface area contributed by atoms with E-state index < -0.39 is 5.63 Å². The molecule has 0 spiro atoms. The summed E-state index contributed by atoms with van der Waals surface area (Å²) in [5.74, 6) is 0.329. The third-order valence-electron chi connectivity index (χ3n) is 3.98. The highest BCUT2D eigenvalue weighted by atomic mass is 16.4. The fourth-order valence-electron chi connectivity index (χ4n) is 2.72. The molecule has 0 amide bonds. The molecule has 0 atom stereocenters. The van der Waals surface area contributed by atoms with Gasteiger partial charge in [-0.2, -0.15) is 0 Å². The Morgan fingerprint density at radius 3 is 1.76 bits per heavy atom. The molecule has 0 saturated carbocycles. The summed E-state index contributed by atoms with van der Waals surface area (Å²) in [6, 6.07) is 29.0. The van der Waals surface area contributed by atoms with E-state index >= 15 is 0 Å². The molecule has 3 heteroatoms. The van der Waals surface area contributed by atoms with Crippen molar-refractivity contribution in [3.05, 3.63) is 101 Å². The Balaban J connectivity index is 1.73. The predicted molar refractivity (Wildman–Crippen MR) is 99.1 cm³/mol. The van der Waals surface area contributed by atoms with Gasteiger partial charge in [0.15, 0.2) is 0 Å². The summed E-state index contributed by atoms with van der Waals surface area (Å²) in [4.78, 5) is 16.4. The van der Waals surface area contributed by atoms with Gasteiger partial charge >= 0.3 is 5.63 Å². The summed E-state index contributed by atoms with van der Waals surface area (Å²) in [7, 11) is 0. The molecule has 4 aromatic rings. The third kappa shape index (κ3) is 3.26. The standard InChI is InChI=1S/C22H15NO2/c24-21-15-20(23-22(25-21)19-9-5-2-6-10-19)18-13-11-17(12-14-18)16-7-3-1-4-8-16/h1-15H. The molecule has 1 aromatic heterocycles. The average molecular weight is 325 g/mol. The molecule has 1 heterocycles. The monoisotopic (exact) mass is 325 g/mol. The molecule has 0 radical (unpaired) electrons. The summed E-state index contributed by atoms with van der Waals surface area (Å²) in [6.07, 6.45) is 0. The molecule has 0 N–H and O–H groups in total. The van der Waals surface area contributed by atoms with Gasteiger partial charge in [-0.25, -0.2) is 9.78 Å². The van der Waals surface area contributed by atoms with Crippen LogP contribution in [0.3, 0.4) is 0 Å². The minimum atomic E-state index is -0.406. The lowest BCUT2D eigenvalue weighted by Gasteiger charge is -2.05. The van der Waals surface area contributed by atoms with Crippen LogP contribution in [-0.4, -0.2) is 4.98 Å². The molecule has 120 valence electrons. The third-order valence-corrected chi connectivity index (χ3v) is 3.98. The Morgan fingerprint density at radius 1 is 0.600 bits per heavy atom. The van der Waals surface area contributed by atoms with Crippen LogP contribution in [-0.2, 0) is 0 Å². The van der Waals surface area contributed by atoms with Crippen molar-refractivity contribution in [1.82, 2.24) is 4.98 Å². The average Bonchev–Trinajstić information content (AvgIpc) is 2.69. The van der Waals surface area contributed by atoms with Gasteiger partial charge in [-0.3, -0.25) is 0 Å². The maximum atomic E-state index is 11.9. The molecule has 0 aliphatic heterocycles. The molecular formula is C22H15NO2. The first kappa shape index (κ1) is 15.1. The number of nitrogens with zero attached hydrogens (tertiary/aromatic N) is 1. The van der Waals surface area contributed by atoms with Crippen LogP contribution in [0.5, 0.6) is 0 Å². The number of rotatable bonds is 3. The van der Waals surface area contributed by atoms with Crippen LogP contribution >= 0.6 is 0 Å². The van der Waals surface area contributed by atoms with E-state index in [-0.39, 0.29) is 0 Å². The van der Waals surface area contributed by atoms with Gasteiger partial charge in [0.25, 0.3) is 0 Å². The van der Waals surface area contributed by atoms with Crippen molar-refractivity contribution >= 4 is 0 Å². The van der Waals surface area contributed by atoms with Crippen LogP contribution in [0.2, 0.25) is 0 Å². The maximum absolute atomic E-state index is 11.9. The summed E-state index contributed by atoms with van der Waals surface area (Å²) in [6.45, 7) is 0. The van der Waals surface area contributed by atoms with Crippen LogP contribution in [0.15, 0.2) is 100 Å². The van der Waals surface area contributed by atoms with E-state index in [4.69, 9.17) is 4.42 Å². The molecule has 0 unspecified atom stereocenters. The molecule has 0 fully saturated rings. The van der Waals surface area contributed by atoms with E-state index in [2.05, 4.69) is 17.1 Å². The Hall–Kier alpha value is -3.46. The first-order chi connectivity index (χ1) is 12.3. The van der Waals surface area contributed by atoms with Crippen molar-refractivity contribution in [1.29, 1.82) is 0 Å². The quantitative estimate of drug-likeness (QED) is 0.530. The molecule has 3 aromatic carbocycles. The number of hydrogen-bond acceptors (Lipinski definition) is 3. The van der Waals surface area contributed by atoms with Gasteiger partial charge < -0.3 is 4.42 Å². The van der Waals surface area contributed by atoms with Crippen LogP contribution in [0.25, 0.3) is 33.8 Å². The fraction of sp³-hybridized carbons (Fsp3) is 0. The van der Waals surface area contributed by atoms with Crippen molar-refractivity contribution in [2.24, 2.45) is 0 Å². The zero-order valence-electron chi connectivity index (χ0n) is 13.4. The first-order valence-corrected chi connectivity index (χ1v) is 8.03. The van der Waals surface area contributed by atoms with Crippen LogP contribution in [0.1, 0.15) is 0 Å². The Bertz CT molecular complexity index is 1040. The molecular weight excluding hydrogens is 310 g/mol. The highest BCUT2D eigenvalue weighted by Crippen LogP contribution is 2.24. The number of aromatic nitrogens is 1. The predicted octanol–water partition coefficient (Wildman–Crippen LogP) is 5.04. The molecule has 25 heavy (non-hydrogen) atoms. The molecule has 0 aliphatic carbocycles. The van der Waals surface area contributed by atoms with Crippen LogP contribution in [0, 0.1) is 0 Å². The van der Waals surface area contributed by atoms with Gasteiger partial charge in [0.2, 0.25) is 5.89 Å². The summed E-state index contributed by atoms with van der Waals surface area (Å²) >= 11 is 0. The zero-order valence-corrected chi connectivity index (χ0v) is 13.4. The largest absolute Gasteiger partial charge is 0.404 e. The molecule has 3 nitrogen and oxygen atoms in total. The minimum absolute atomic E-state index is 0.329. The Labute approximate surface area is 145 Å². The second kappa shape index (κ2) is 6.57. The molecule has 0 aliphatic rings. The number of benzene rings is 3. The number of hydrogen-bond donors (Lipinski definition) is 0. The van der Waals surface area contributed by atoms with E-state index in [1.807, 2.05) is 72.8 Å². The SMILES string of the molecule is O=c1cc(-c2ccc(-c3ccccc3)cc2)nc(-c2ccccc2)o1. The van der Waals surface area contributed by atoms with Crippen molar-refractivity contribution in [2.75, 3.05) is 0 Å². The van der Waals surface area contributed by atoms with Crippen molar-refractivity contribution < 1.29 is 4.42 Å². The summed E-state index contributed by atoms with van der Waals surface area (Å²) < 4.78 is 5.25. The van der Waals surface area contributed by atoms with Crippen molar-refractivity contribution in [2.45, 2.75) is 0 Å². The molecule has 0 saturated heterocycles. The van der Waals surface area contributed by atoms with Gasteiger partial charge in [-0.05, 0) is 23.3 Å². The van der Waals surface area contributed by atoms with Crippen LogP contribution < -0.4 is 5.63 Å². The second-order valence-electron chi connectivity index (χ2n) is 5.68. The van der Waals surface area contributed by atoms with Crippen molar-refractivity contribution in [3.63, 3.8) is 0 Å². The minimum Gasteiger partial charge on any atom is -0.404 e. The zero-order chi connectivity index (χ0) is 17.1. The fourth-order valence-corrected chi connectivity index (χ4v) is 2.72. The van der Waals surface area contributed by atoms with E-state index in [9.17, 15) is 4.79 Å². The van der Waals surface area contributed by atoms with E-state index in [1.165, 1.54) is 6.07 Å². The maximum Gasteiger partial charge on any atom is 0.339 e. The highest BCUT2D eigenvalue weighted by Gasteiger charge is 2.08. The first-order valence-electron chi connectivity index (χ1n) is 8.03. The summed E-state index contributed by atoms with van der Waals surface area (Å²) in [5, 5.41) is 0. The van der Waals surface area contributed by atoms with E-state index in [0.717, 1.165) is 22.3 Å². The van der Waals surface area contributed by atoms with E-state index in [0.29, 0.717) is 11.6 Å².